The first-order valence-corrected chi connectivity index (χ1v) is 4.83. The van der Waals surface area contributed by atoms with E-state index in [1.165, 1.54) is 6.20 Å². The molecule has 0 saturated heterocycles. The number of hydrogen-bond acceptors (Lipinski definition) is 4. The van der Waals surface area contributed by atoms with E-state index in [-0.39, 0.29) is 5.28 Å². The standard InChI is InChI=1S/C9H6Cl2N4/c10-5-1-2-6(13-4-5)7-3-8(12)15-9(11)14-7/h1-4H,(H2,12,14,15). The van der Waals surface area contributed by atoms with Gasteiger partial charge in [0.15, 0.2) is 0 Å². The molecule has 0 aromatic carbocycles. The zero-order valence-electron chi connectivity index (χ0n) is 7.48. The molecule has 0 saturated carbocycles. The molecule has 0 aliphatic carbocycles. The summed E-state index contributed by atoms with van der Waals surface area (Å²) in [5.74, 6) is 0.307. The predicted octanol–water partition coefficient (Wildman–Crippen LogP) is 2.43. The van der Waals surface area contributed by atoms with Crippen molar-refractivity contribution in [2.75, 3.05) is 5.73 Å². The second kappa shape index (κ2) is 4.00. The molecule has 0 fully saturated rings. The third-order valence-corrected chi connectivity index (χ3v) is 2.10. The average Bonchev–Trinajstić information content (AvgIpc) is 2.17. The highest BCUT2D eigenvalue weighted by Crippen LogP contribution is 2.19. The van der Waals surface area contributed by atoms with Crippen LogP contribution >= 0.6 is 23.2 Å². The van der Waals surface area contributed by atoms with Crippen LogP contribution in [0.4, 0.5) is 5.82 Å². The lowest BCUT2D eigenvalue weighted by Crippen LogP contribution is -1.95. The molecule has 2 N–H and O–H groups in total. The van der Waals surface area contributed by atoms with Gasteiger partial charge in [-0.1, -0.05) is 11.6 Å². The van der Waals surface area contributed by atoms with E-state index >= 15 is 0 Å². The first kappa shape index (κ1) is 10.1. The van der Waals surface area contributed by atoms with Crippen molar-refractivity contribution >= 4 is 29.0 Å². The molecule has 0 atom stereocenters. The van der Waals surface area contributed by atoms with Gasteiger partial charge < -0.3 is 5.73 Å². The van der Waals surface area contributed by atoms with Gasteiger partial charge in [-0.25, -0.2) is 9.97 Å². The van der Waals surface area contributed by atoms with Crippen molar-refractivity contribution in [2.45, 2.75) is 0 Å². The minimum atomic E-state index is 0.0988. The Balaban J connectivity index is 2.49. The highest BCUT2D eigenvalue weighted by molar-refractivity contribution is 6.30. The quantitative estimate of drug-likeness (QED) is 0.778. The molecule has 0 bridgehead atoms. The van der Waals surface area contributed by atoms with Gasteiger partial charge in [-0.15, -0.1) is 0 Å². The Kier molecular flexibility index (Phi) is 2.70. The molecule has 6 heteroatoms. The van der Waals surface area contributed by atoms with E-state index in [4.69, 9.17) is 28.9 Å². The Labute approximate surface area is 96.1 Å². The van der Waals surface area contributed by atoms with Crippen LogP contribution in [0.1, 0.15) is 0 Å². The summed E-state index contributed by atoms with van der Waals surface area (Å²) in [7, 11) is 0. The second-order valence-corrected chi connectivity index (χ2v) is 3.58. The minimum Gasteiger partial charge on any atom is -0.384 e. The lowest BCUT2D eigenvalue weighted by molar-refractivity contribution is 1.16. The number of nitrogens with zero attached hydrogens (tertiary/aromatic N) is 3. The summed E-state index contributed by atoms with van der Waals surface area (Å²) in [4.78, 5) is 11.9. The van der Waals surface area contributed by atoms with Gasteiger partial charge in [-0.2, -0.15) is 0 Å². The highest BCUT2D eigenvalue weighted by Gasteiger charge is 2.04. The van der Waals surface area contributed by atoms with E-state index < -0.39 is 0 Å². The molecule has 0 unspecified atom stereocenters. The molecule has 0 radical (unpaired) electrons. The second-order valence-electron chi connectivity index (χ2n) is 2.81. The summed E-state index contributed by atoms with van der Waals surface area (Å²) in [5, 5.41) is 0.661. The van der Waals surface area contributed by atoms with Crippen LogP contribution in [-0.4, -0.2) is 15.0 Å². The molecule has 0 aliphatic rings. The fraction of sp³-hybridized carbons (Fsp3) is 0. The molecule has 0 amide bonds. The molecule has 4 nitrogen and oxygen atoms in total. The normalized spacial score (nSPS) is 10.3. The van der Waals surface area contributed by atoms with E-state index in [9.17, 15) is 0 Å². The molecule has 15 heavy (non-hydrogen) atoms. The lowest BCUT2D eigenvalue weighted by atomic mass is 10.2. The molecule has 0 aliphatic heterocycles. The summed E-state index contributed by atoms with van der Waals surface area (Å²) in [6.07, 6.45) is 1.53. The van der Waals surface area contributed by atoms with Crippen molar-refractivity contribution in [1.29, 1.82) is 0 Å². The smallest absolute Gasteiger partial charge is 0.224 e. The molecular weight excluding hydrogens is 235 g/mol. The van der Waals surface area contributed by atoms with Gasteiger partial charge in [0.25, 0.3) is 0 Å². The first-order valence-electron chi connectivity index (χ1n) is 4.07. The molecule has 2 heterocycles. The predicted molar refractivity (Wildman–Crippen MR) is 59.7 cm³/mol. The number of anilines is 1. The fourth-order valence-electron chi connectivity index (χ4n) is 1.09. The van der Waals surface area contributed by atoms with Gasteiger partial charge in [0.1, 0.15) is 5.82 Å². The Morgan fingerprint density at radius 2 is 1.87 bits per heavy atom. The van der Waals surface area contributed by atoms with Crippen LogP contribution in [0.2, 0.25) is 10.3 Å². The molecule has 0 spiro atoms. The van der Waals surface area contributed by atoms with Gasteiger partial charge in [-0.05, 0) is 23.7 Å². The maximum atomic E-state index is 5.72. The molecule has 2 aromatic heterocycles. The molecular formula is C9H6Cl2N4. The number of aromatic nitrogens is 3. The summed E-state index contributed by atoms with van der Waals surface area (Å²) < 4.78 is 0. The van der Waals surface area contributed by atoms with E-state index in [1.807, 2.05) is 0 Å². The van der Waals surface area contributed by atoms with Crippen molar-refractivity contribution in [1.82, 2.24) is 15.0 Å². The number of rotatable bonds is 1. The zero-order valence-corrected chi connectivity index (χ0v) is 9.00. The van der Waals surface area contributed by atoms with E-state index in [2.05, 4.69) is 15.0 Å². The monoisotopic (exact) mass is 240 g/mol. The SMILES string of the molecule is Nc1cc(-c2ccc(Cl)cn2)nc(Cl)n1. The highest BCUT2D eigenvalue weighted by atomic mass is 35.5. The van der Waals surface area contributed by atoms with Crippen molar-refractivity contribution in [2.24, 2.45) is 0 Å². The number of pyridine rings is 1. The van der Waals surface area contributed by atoms with Crippen LogP contribution in [0.3, 0.4) is 0 Å². The van der Waals surface area contributed by atoms with Gasteiger partial charge >= 0.3 is 0 Å². The van der Waals surface area contributed by atoms with E-state index in [1.54, 1.807) is 18.2 Å². The van der Waals surface area contributed by atoms with Gasteiger partial charge in [0.05, 0.1) is 16.4 Å². The number of nitrogens with two attached hydrogens (primary N) is 1. The third kappa shape index (κ3) is 2.34. The van der Waals surface area contributed by atoms with Crippen molar-refractivity contribution < 1.29 is 0 Å². The Bertz CT molecular complexity index is 464. The first-order chi connectivity index (χ1) is 7.15. The Hall–Kier alpha value is -1.39. The maximum Gasteiger partial charge on any atom is 0.224 e. The van der Waals surface area contributed by atoms with Crippen molar-refractivity contribution in [3.8, 4) is 11.4 Å². The largest absolute Gasteiger partial charge is 0.384 e. The van der Waals surface area contributed by atoms with Crippen LogP contribution in [0.5, 0.6) is 0 Å². The van der Waals surface area contributed by atoms with Crippen LogP contribution in [0, 0.1) is 0 Å². The van der Waals surface area contributed by atoms with Crippen LogP contribution < -0.4 is 5.73 Å². The Morgan fingerprint density at radius 1 is 1.07 bits per heavy atom. The van der Waals surface area contributed by atoms with Crippen LogP contribution in [0.25, 0.3) is 11.4 Å². The number of halogens is 2. The average molecular weight is 241 g/mol. The Morgan fingerprint density at radius 3 is 2.47 bits per heavy atom. The van der Waals surface area contributed by atoms with Crippen LogP contribution in [0.15, 0.2) is 24.4 Å². The lowest BCUT2D eigenvalue weighted by Gasteiger charge is -2.01. The topological polar surface area (TPSA) is 64.7 Å². The maximum absolute atomic E-state index is 5.72. The minimum absolute atomic E-state index is 0.0988. The molecule has 2 aromatic rings. The zero-order chi connectivity index (χ0) is 10.8. The van der Waals surface area contributed by atoms with Crippen LogP contribution in [-0.2, 0) is 0 Å². The third-order valence-electron chi connectivity index (χ3n) is 1.71. The summed E-state index contributed by atoms with van der Waals surface area (Å²) in [6.45, 7) is 0. The van der Waals surface area contributed by atoms with E-state index in [0.29, 0.717) is 22.2 Å². The summed E-state index contributed by atoms with van der Waals surface area (Å²) in [5.41, 5.74) is 6.76. The molecule has 2 rings (SSSR count). The van der Waals surface area contributed by atoms with E-state index in [0.717, 1.165) is 0 Å². The summed E-state index contributed by atoms with van der Waals surface area (Å²) >= 11 is 11.4. The molecule has 76 valence electrons. The van der Waals surface area contributed by atoms with Crippen molar-refractivity contribution in [3.63, 3.8) is 0 Å². The van der Waals surface area contributed by atoms with Gasteiger partial charge in [-0.3, -0.25) is 4.98 Å². The van der Waals surface area contributed by atoms with Gasteiger partial charge in [0, 0.05) is 12.3 Å². The van der Waals surface area contributed by atoms with Crippen molar-refractivity contribution in [3.05, 3.63) is 34.7 Å². The number of hydrogen-bond donors (Lipinski definition) is 1. The number of nitrogen functional groups attached to an aromatic ring is 1. The van der Waals surface area contributed by atoms with Gasteiger partial charge in [0.2, 0.25) is 5.28 Å². The summed E-state index contributed by atoms with van der Waals surface area (Å²) in [6, 6.07) is 5.05. The fourth-order valence-corrected chi connectivity index (χ4v) is 1.39.